The molecule has 0 aliphatic heterocycles. The van der Waals surface area contributed by atoms with Gasteiger partial charge in [-0.05, 0) is 38.2 Å². The summed E-state index contributed by atoms with van der Waals surface area (Å²) in [5.41, 5.74) is 2.08. The van der Waals surface area contributed by atoms with E-state index < -0.39 is 0 Å². The molecule has 0 bridgehead atoms. The van der Waals surface area contributed by atoms with Gasteiger partial charge in [0, 0.05) is 18.8 Å². The van der Waals surface area contributed by atoms with Crippen molar-refractivity contribution in [2.75, 3.05) is 18.5 Å². The van der Waals surface area contributed by atoms with Crippen LogP contribution in [0.4, 0.5) is 11.5 Å². The van der Waals surface area contributed by atoms with Gasteiger partial charge in [-0.3, -0.25) is 0 Å². The van der Waals surface area contributed by atoms with Crippen molar-refractivity contribution in [3.8, 4) is 0 Å². The molecule has 0 saturated carbocycles. The maximum absolute atomic E-state index is 4.28. The predicted octanol–water partition coefficient (Wildman–Crippen LogP) is 2.35. The van der Waals surface area contributed by atoms with Gasteiger partial charge < -0.3 is 10.2 Å². The lowest BCUT2D eigenvalue weighted by molar-refractivity contribution is 0.764. The number of aromatic nitrogens is 2. The lowest BCUT2D eigenvalue weighted by atomic mass is 10.3. The van der Waals surface area contributed by atoms with Gasteiger partial charge in [-0.25, -0.2) is 0 Å². The summed E-state index contributed by atoms with van der Waals surface area (Å²) in [6, 6.07) is 14.2. The van der Waals surface area contributed by atoms with Crippen LogP contribution >= 0.6 is 0 Å². The van der Waals surface area contributed by atoms with Crippen LogP contribution in [0.2, 0.25) is 0 Å². The summed E-state index contributed by atoms with van der Waals surface area (Å²) < 4.78 is 0. The van der Waals surface area contributed by atoms with E-state index in [9.17, 15) is 0 Å². The molecule has 1 aromatic carbocycles. The molecule has 1 aromatic heterocycles. The van der Waals surface area contributed by atoms with Gasteiger partial charge in [-0.2, -0.15) is 5.10 Å². The Hall–Kier alpha value is -1.94. The molecular weight excluding hydrogens is 224 g/mol. The fourth-order valence-corrected chi connectivity index (χ4v) is 1.86. The zero-order valence-electron chi connectivity index (χ0n) is 10.8. The van der Waals surface area contributed by atoms with Crippen molar-refractivity contribution >= 4 is 11.5 Å². The fourth-order valence-electron chi connectivity index (χ4n) is 1.86. The fraction of sp³-hybridized carbons (Fsp3) is 0.286. The standard InChI is InChI=1S/C14H18N4/c1-3-18(13-7-5-4-6-8-13)14-10-9-12(11-15-2)16-17-14/h4-10,15H,3,11H2,1-2H3. The first-order valence-corrected chi connectivity index (χ1v) is 6.15. The van der Waals surface area contributed by atoms with Crippen molar-refractivity contribution < 1.29 is 0 Å². The SMILES string of the molecule is CCN(c1ccccc1)c1ccc(CNC)nn1. The summed E-state index contributed by atoms with van der Waals surface area (Å²) in [4.78, 5) is 2.14. The van der Waals surface area contributed by atoms with E-state index in [1.165, 1.54) is 0 Å². The van der Waals surface area contributed by atoms with E-state index in [-0.39, 0.29) is 0 Å². The van der Waals surface area contributed by atoms with Gasteiger partial charge in [-0.15, -0.1) is 5.10 Å². The molecule has 2 aromatic rings. The van der Waals surface area contributed by atoms with Crippen molar-refractivity contribution in [3.05, 3.63) is 48.2 Å². The summed E-state index contributed by atoms with van der Waals surface area (Å²) in [6.07, 6.45) is 0. The second-order valence-corrected chi connectivity index (χ2v) is 3.99. The first-order valence-electron chi connectivity index (χ1n) is 6.15. The second-order valence-electron chi connectivity index (χ2n) is 3.99. The molecule has 0 aliphatic carbocycles. The molecule has 1 N–H and O–H groups in total. The molecule has 18 heavy (non-hydrogen) atoms. The van der Waals surface area contributed by atoms with E-state index in [0.29, 0.717) is 0 Å². The van der Waals surface area contributed by atoms with Gasteiger partial charge >= 0.3 is 0 Å². The van der Waals surface area contributed by atoms with Crippen molar-refractivity contribution in [1.29, 1.82) is 0 Å². The Kier molecular flexibility index (Phi) is 4.25. The van der Waals surface area contributed by atoms with Gasteiger partial charge in [-0.1, -0.05) is 18.2 Å². The Morgan fingerprint density at radius 2 is 1.83 bits per heavy atom. The molecule has 0 unspecified atom stereocenters. The quantitative estimate of drug-likeness (QED) is 0.874. The molecule has 0 fully saturated rings. The van der Waals surface area contributed by atoms with Crippen LogP contribution in [0.1, 0.15) is 12.6 Å². The Morgan fingerprint density at radius 1 is 1.06 bits per heavy atom. The van der Waals surface area contributed by atoms with Crippen LogP contribution in [0.3, 0.4) is 0 Å². The van der Waals surface area contributed by atoms with Crippen LogP contribution in [-0.4, -0.2) is 23.8 Å². The maximum atomic E-state index is 4.28. The molecule has 2 rings (SSSR count). The zero-order chi connectivity index (χ0) is 12.8. The summed E-state index contributed by atoms with van der Waals surface area (Å²) in [5, 5.41) is 11.6. The van der Waals surface area contributed by atoms with Gasteiger partial charge in [0.05, 0.1) is 5.69 Å². The second kappa shape index (κ2) is 6.12. The summed E-state index contributed by atoms with van der Waals surface area (Å²) in [5.74, 6) is 0.878. The molecule has 4 nitrogen and oxygen atoms in total. The zero-order valence-corrected chi connectivity index (χ0v) is 10.8. The predicted molar refractivity (Wildman–Crippen MR) is 73.9 cm³/mol. The van der Waals surface area contributed by atoms with E-state index >= 15 is 0 Å². The highest BCUT2D eigenvalue weighted by Gasteiger charge is 2.08. The van der Waals surface area contributed by atoms with Crippen LogP contribution < -0.4 is 10.2 Å². The third-order valence-electron chi connectivity index (χ3n) is 2.72. The van der Waals surface area contributed by atoms with Gasteiger partial charge in [0.2, 0.25) is 0 Å². The Labute approximate surface area is 108 Å². The van der Waals surface area contributed by atoms with Gasteiger partial charge in [0.25, 0.3) is 0 Å². The Bertz CT molecular complexity index is 467. The third-order valence-corrected chi connectivity index (χ3v) is 2.72. The summed E-state index contributed by atoms with van der Waals surface area (Å²) >= 11 is 0. The minimum Gasteiger partial charge on any atom is -0.325 e. The van der Waals surface area contributed by atoms with E-state index in [1.807, 2.05) is 37.4 Å². The van der Waals surface area contributed by atoms with E-state index in [1.54, 1.807) is 0 Å². The highest BCUT2D eigenvalue weighted by molar-refractivity contribution is 5.59. The first kappa shape index (κ1) is 12.5. The van der Waals surface area contributed by atoms with Crippen molar-refractivity contribution in [1.82, 2.24) is 15.5 Å². The van der Waals surface area contributed by atoms with Crippen LogP contribution in [0.15, 0.2) is 42.5 Å². The largest absolute Gasteiger partial charge is 0.325 e. The topological polar surface area (TPSA) is 41.0 Å². The minimum absolute atomic E-state index is 0.741. The Morgan fingerprint density at radius 3 is 2.39 bits per heavy atom. The molecule has 1 heterocycles. The van der Waals surface area contributed by atoms with Crippen molar-refractivity contribution in [2.45, 2.75) is 13.5 Å². The van der Waals surface area contributed by atoms with E-state index in [2.05, 4.69) is 39.5 Å². The average molecular weight is 242 g/mol. The number of nitrogens with one attached hydrogen (secondary N) is 1. The molecular formula is C14H18N4. The smallest absolute Gasteiger partial charge is 0.155 e. The van der Waals surface area contributed by atoms with Crippen LogP contribution in [0, 0.1) is 0 Å². The number of para-hydroxylation sites is 1. The molecule has 0 atom stereocenters. The van der Waals surface area contributed by atoms with Gasteiger partial charge in [0.1, 0.15) is 0 Å². The average Bonchev–Trinajstić information content (AvgIpc) is 2.43. The van der Waals surface area contributed by atoms with E-state index in [4.69, 9.17) is 0 Å². The van der Waals surface area contributed by atoms with Crippen LogP contribution in [0.25, 0.3) is 0 Å². The van der Waals surface area contributed by atoms with Gasteiger partial charge in [0.15, 0.2) is 5.82 Å². The normalized spacial score (nSPS) is 10.3. The maximum Gasteiger partial charge on any atom is 0.155 e. The summed E-state index contributed by atoms with van der Waals surface area (Å²) in [7, 11) is 1.90. The minimum atomic E-state index is 0.741. The van der Waals surface area contributed by atoms with Crippen LogP contribution in [0.5, 0.6) is 0 Å². The highest BCUT2D eigenvalue weighted by atomic mass is 15.3. The molecule has 0 radical (unpaired) electrons. The Balaban J connectivity index is 2.23. The molecule has 0 saturated heterocycles. The number of nitrogens with zero attached hydrogens (tertiary/aromatic N) is 3. The molecule has 0 spiro atoms. The van der Waals surface area contributed by atoms with Crippen LogP contribution in [-0.2, 0) is 6.54 Å². The number of benzene rings is 1. The molecule has 0 amide bonds. The first-order chi connectivity index (χ1) is 8.85. The van der Waals surface area contributed by atoms with Crippen molar-refractivity contribution in [2.24, 2.45) is 0 Å². The van der Waals surface area contributed by atoms with Crippen molar-refractivity contribution in [3.63, 3.8) is 0 Å². The van der Waals surface area contributed by atoms with E-state index in [0.717, 1.165) is 30.3 Å². The molecule has 94 valence electrons. The summed E-state index contributed by atoms with van der Waals surface area (Å²) in [6.45, 7) is 3.71. The number of anilines is 2. The molecule has 4 heteroatoms. The molecule has 0 aliphatic rings. The highest BCUT2D eigenvalue weighted by Crippen LogP contribution is 2.21. The number of rotatable bonds is 5. The number of hydrogen-bond donors (Lipinski definition) is 1. The lowest BCUT2D eigenvalue weighted by Crippen LogP contribution is -2.18. The third kappa shape index (κ3) is 2.84. The number of hydrogen-bond acceptors (Lipinski definition) is 4. The monoisotopic (exact) mass is 242 g/mol. The lowest BCUT2D eigenvalue weighted by Gasteiger charge is -2.21.